The molecule has 5 atom stereocenters. The minimum absolute atomic E-state index is 0.108. The van der Waals surface area contributed by atoms with Gasteiger partial charge in [-0.2, -0.15) is 0 Å². The smallest absolute Gasteiger partial charge is 0.0729 e. The Labute approximate surface area is 122 Å². The summed E-state index contributed by atoms with van der Waals surface area (Å²) in [6.45, 7) is 2.66. The number of hydrogen-bond donors (Lipinski definition) is 1. The Morgan fingerprint density at radius 2 is 1.85 bits per heavy atom. The maximum Gasteiger partial charge on any atom is 0.0729 e. The van der Waals surface area contributed by atoms with Crippen LogP contribution in [0.15, 0.2) is 0 Å². The van der Waals surface area contributed by atoms with Crippen molar-refractivity contribution in [3.8, 4) is 0 Å². The van der Waals surface area contributed by atoms with Crippen LogP contribution in [0.25, 0.3) is 0 Å². The molecule has 3 heteroatoms. The average molecular weight is 279 g/mol. The van der Waals surface area contributed by atoms with Crippen molar-refractivity contribution in [1.29, 1.82) is 0 Å². The zero-order chi connectivity index (χ0) is 13.6. The van der Waals surface area contributed by atoms with Crippen LogP contribution in [0.3, 0.4) is 0 Å². The van der Waals surface area contributed by atoms with Crippen LogP contribution < -0.4 is 5.73 Å². The van der Waals surface area contributed by atoms with Crippen molar-refractivity contribution in [3.63, 3.8) is 0 Å². The fourth-order valence-corrected chi connectivity index (χ4v) is 5.60. The molecule has 2 N–H and O–H groups in total. The van der Waals surface area contributed by atoms with Crippen LogP contribution in [0.4, 0.5) is 0 Å². The van der Waals surface area contributed by atoms with Crippen LogP contribution >= 0.6 is 0 Å². The molecule has 0 aromatic carbocycles. The van der Waals surface area contributed by atoms with Crippen molar-refractivity contribution < 1.29 is 9.47 Å². The minimum Gasteiger partial charge on any atom is -0.381 e. The molecule has 0 aromatic heterocycles. The van der Waals surface area contributed by atoms with Gasteiger partial charge in [-0.25, -0.2) is 0 Å². The molecule has 2 saturated heterocycles. The van der Waals surface area contributed by atoms with Gasteiger partial charge in [-0.3, -0.25) is 0 Å². The summed E-state index contributed by atoms with van der Waals surface area (Å²) in [6, 6.07) is 0.425. The second-order valence-electron chi connectivity index (χ2n) is 7.81. The van der Waals surface area contributed by atoms with Gasteiger partial charge in [-0.1, -0.05) is 6.42 Å². The maximum atomic E-state index is 6.74. The lowest BCUT2D eigenvalue weighted by molar-refractivity contribution is -0.151. The van der Waals surface area contributed by atoms with Gasteiger partial charge in [0.2, 0.25) is 0 Å². The molecule has 20 heavy (non-hydrogen) atoms. The summed E-state index contributed by atoms with van der Waals surface area (Å²) in [5, 5.41) is 0. The van der Waals surface area contributed by atoms with E-state index in [9.17, 15) is 0 Å². The maximum absolute atomic E-state index is 6.74. The number of rotatable bonds is 2. The van der Waals surface area contributed by atoms with Gasteiger partial charge in [-0.15, -0.1) is 0 Å². The molecule has 2 aliphatic carbocycles. The monoisotopic (exact) mass is 279 g/mol. The minimum atomic E-state index is 0.108. The van der Waals surface area contributed by atoms with Gasteiger partial charge in [0.1, 0.15) is 0 Å². The zero-order valence-corrected chi connectivity index (χ0v) is 12.6. The normalized spacial score (nSPS) is 44.9. The van der Waals surface area contributed by atoms with Crippen molar-refractivity contribution >= 4 is 0 Å². The largest absolute Gasteiger partial charge is 0.381 e. The summed E-state index contributed by atoms with van der Waals surface area (Å²) in [5.74, 6) is 3.45. The Hall–Kier alpha value is -0.120. The van der Waals surface area contributed by atoms with Gasteiger partial charge < -0.3 is 15.2 Å². The molecule has 3 nitrogen and oxygen atoms in total. The molecule has 2 heterocycles. The lowest BCUT2D eigenvalue weighted by atomic mass is 9.71. The quantitative estimate of drug-likeness (QED) is 0.845. The van der Waals surface area contributed by atoms with Crippen molar-refractivity contribution in [1.82, 2.24) is 0 Å². The van der Waals surface area contributed by atoms with E-state index < -0.39 is 0 Å². The molecule has 114 valence electrons. The molecular formula is C17H29NO2. The fraction of sp³-hybridized carbons (Fsp3) is 1.00. The highest BCUT2D eigenvalue weighted by Gasteiger charge is 2.47. The van der Waals surface area contributed by atoms with E-state index in [1.54, 1.807) is 0 Å². The highest BCUT2D eigenvalue weighted by Crippen LogP contribution is 2.51. The van der Waals surface area contributed by atoms with Crippen molar-refractivity contribution in [3.05, 3.63) is 0 Å². The topological polar surface area (TPSA) is 44.5 Å². The second-order valence-corrected chi connectivity index (χ2v) is 7.81. The molecule has 4 aliphatic rings. The average Bonchev–Trinajstić information content (AvgIpc) is 3.10. The van der Waals surface area contributed by atoms with E-state index >= 15 is 0 Å². The summed E-state index contributed by atoms with van der Waals surface area (Å²) in [6.07, 6.45) is 10.3. The number of nitrogens with two attached hydrogens (primary N) is 1. The lowest BCUT2D eigenvalue weighted by Gasteiger charge is -2.46. The first-order valence-corrected chi connectivity index (χ1v) is 8.73. The molecule has 5 unspecified atom stereocenters. The van der Waals surface area contributed by atoms with E-state index in [4.69, 9.17) is 15.2 Å². The molecule has 0 aromatic rings. The van der Waals surface area contributed by atoms with E-state index in [-0.39, 0.29) is 5.60 Å². The Kier molecular flexibility index (Phi) is 3.56. The molecule has 2 bridgehead atoms. The highest BCUT2D eigenvalue weighted by atomic mass is 16.5. The first-order valence-electron chi connectivity index (χ1n) is 8.73. The van der Waals surface area contributed by atoms with Gasteiger partial charge in [0, 0.05) is 25.9 Å². The summed E-state index contributed by atoms with van der Waals surface area (Å²) in [4.78, 5) is 0. The third kappa shape index (κ3) is 2.32. The van der Waals surface area contributed by atoms with Crippen molar-refractivity contribution in [2.75, 3.05) is 19.8 Å². The van der Waals surface area contributed by atoms with Crippen LogP contribution in [0, 0.1) is 23.7 Å². The standard InChI is InChI=1S/C17H29NO2/c18-16(15-10-12-1-2-13(15)9-12)14-3-6-20-17(11-14)4-7-19-8-5-17/h12-16H,1-11,18H2. The van der Waals surface area contributed by atoms with Crippen LogP contribution in [0.1, 0.15) is 51.4 Å². The number of hydrogen-bond acceptors (Lipinski definition) is 3. The Bertz CT molecular complexity index is 347. The van der Waals surface area contributed by atoms with Crippen molar-refractivity contribution in [2.24, 2.45) is 29.4 Å². The van der Waals surface area contributed by atoms with Gasteiger partial charge in [0.25, 0.3) is 0 Å². The molecule has 2 saturated carbocycles. The first kappa shape index (κ1) is 13.5. The number of fused-ring (bicyclic) bond motifs is 2. The highest BCUT2D eigenvalue weighted by molar-refractivity contribution is 4.99. The Balaban J connectivity index is 1.42. The van der Waals surface area contributed by atoms with Gasteiger partial charge in [0.05, 0.1) is 5.60 Å². The second kappa shape index (κ2) is 5.26. The molecule has 4 rings (SSSR count). The lowest BCUT2D eigenvalue weighted by Crippen LogP contribution is -2.50. The molecule has 4 fully saturated rings. The summed E-state index contributed by atoms with van der Waals surface area (Å²) in [7, 11) is 0. The van der Waals surface area contributed by atoms with Crippen LogP contribution in [-0.2, 0) is 9.47 Å². The van der Waals surface area contributed by atoms with Gasteiger partial charge in [0.15, 0.2) is 0 Å². The fourth-order valence-electron chi connectivity index (χ4n) is 5.60. The number of ether oxygens (including phenoxy) is 2. The van der Waals surface area contributed by atoms with Crippen LogP contribution in [0.2, 0.25) is 0 Å². The Morgan fingerprint density at radius 3 is 2.55 bits per heavy atom. The molecule has 2 aliphatic heterocycles. The summed E-state index contributed by atoms with van der Waals surface area (Å²) >= 11 is 0. The van der Waals surface area contributed by atoms with Gasteiger partial charge in [-0.05, 0) is 68.6 Å². The molecular weight excluding hydrogens is 250 g/mol. The third-order valence-electron chi connectivity index (χ3n) is 6.77. The van der Waals surface area contributed by atoms with Crippen molar-refractivity contribution in [2.45, 2.75) is 63.0 Å². The zero-order valence-electron chi connectivity index (χ0n) is 12.6. The van der Waals surface area contributed by atoms with Crippen LogP contribution in [-0.4, -0.2) is 31.5 Å². The van der Waals surface area contributed by atoms with E-state index in [0.717, 1.165) is 50.4 Å². The predicted molar refractivity (Wildman–Crippen MR) is 78.4 cm³/mol. The van der Waals surface area contributed by atoms with E-state index in [0.29, 0.717) is 12.0 Å². The molecule has 1 spiro atoms. The third-order valence-corrected chi connectivity index (χ3v) is 6.77. The summed E-state index contributed by atoms with van der Waals surface area (Å²) in [5.41, 5.74) is 6.85. The molecule has 0 amide bonds. The van der Waals surface area contributed by atoms with Crippen LogP contribution in [0.5, 0.6) is 0 Å². The summed E-state index contributed by atoms with van der Waals surface area (Å²) < 4.78 is 11.7. The SMILES string of the molecule is NC(C1CCOC2(CCOCC2)C1)C1CC2CCC1C2. The van der Waals surface area contributed by atoms with E-state index in [1.165, 1.54) is 38.5 Å². The predicted octanol–water partition coefficient (Wildman–Crippen LogP) is 2.73. The van der Waals surface area contributed by atoms with E-state index in [2.05, 4.69) is 0 Å². The first-order chi connectivity index (χ1) is 9.76. The molecule has 0 radical (unpaired) electrons. The van der Waals surface area contributed by atoms with Gasteiger partial charge >= 0.3 is 0 Å². The van der Waals surface area contributed by atoms with E-state index in [1.807, 2.05) is 0 Å². The Morgan fingerprint density at radius 1 is 1.00 bits per heavy atom.